The fourth-order valence-corrected chi connectivity index (χ4v) is 2.12. The Morgan fingerprint density at radius 2 is 2.29 bits per heavy atom. The van der Waals surface area contributed by atoms with Crippen LogP contribution in [-0.2, 0) is 4.79 Å². The maximum Gasteiger partial charge on any atom is 0.220 e. The summed E-state index contributed by atoms with van der Waals surface area (Å²) in [5, 5.41) is 6.88. The van der Waals surface area contributed by atoms with Crippen LogP contribution in [0, 0.1) is 6.92 Å². The number of halogens is 1. The number of rotatable bonds is 2. The van der Waals surface area contributed by atoms with E-state index in [9.17, 15) is 4.79 Å². The quantitative estimate of drug-likeness (QED) is 0.706. The molecule has 0 saturated carbocycles. The van der Waals surface area contributed by atoms with Crippen LogP contribution in [0.1, 0.15) is 18.4 Å². The topological polar surface area (TPSA) is 67.1 Å². The van der Waals surface area contributed by atoms with E-state index in [2.05, 4.69) is 10.6 Å². The van der Waals surface area contributed by atoms with E-state index >= 15 is 0 Å². The van der Waals surface area contributed by atoms with Crippen LogP contribution < -0.4 is 16.4 Å². The minimum atomic E-state index is 0.110. The standard InChI is InChI=1S/C12H16ClN3O/c1-7-9(13)3-4-10(14)12(7)16-8-2-5-11(17)15-6-8/h3-4,8,16H,2,5-6,14H2,1H3,(H,15,17). The van der Waals surface area contributed by atoms with Crippen LogP contribution in [0.5, 0.6) is 0 Å². The number of carbonyl (C=O) groups excluding carboxylic acids is 1. The van der Waals surface area contributed by atoms with Crippen LogP contribution in [0.3, 0.4) is 0 Å². The van der Waals surface area contributed by atoms with Gasteiger partial charge in [-0.15, -0.1) is 0 Å². The van der Waals surface area contributed by atoms with Gasteiger partial charge in [0.1, 0.15) is 0 Å². The van der Waals surface area contributed by atoms with E-state index in [4.69, 9.17) is 17.3 Å². The van der Waals surface area contributed by atoms with Gasteiger partial charge in [0.05, 0.1) is 11.4 Å². The SMILES string of the molecule is Cc1c(Cl)ccc(N)c1NC1CCC(=O)NC1. The van der Waals surface area contributed by atoms with Crippen molar-refractivity contribution in [2.24, 2.45) is 0 Å². The number of amides is 1. The highest BCUT2D eigenvalue weighted by Gasteiger charge is 2.19. The van der Waals surface area contributed by atoms with Crippen molar-refractivity contribution < 1.29 is 4.79 Å². The Morgan fingerprint density at radius 3 is 2.94 bits per heavy atom. The second-order valence-corrected chi connectivity index (χ2v) is 4.73. The highest BCUT2D eigenvalue weighted by molar-refractivity contribution is 6.31. The molecule has 4 N–H and O–H groups in total. The van der Waals surface area contributed by atoms with Crippen LogP contribution in [0.2, 0.25) is 5.02 Å². The smallest absolute Gasteiger partial charge is 0.220 e. The van der Waals surface area contributed by atoms with Gasteiger partial charge in [-0.3, -0.25) is 4.79 Å². The molecule has 0 aromatic heterocycles. The number of nitrogens with two attached hydrogens (primary N) is 1. The summed E-state index contributed by atoms with van der Waals surface area (Å²) in [6.45, 7) is 2.56. The van der Waals surface area contributed by atoms with Crippen molar-refractivity contribution in [2.45, 2.75) is 25.8 Å². The molecule has 1 atom stereocenters. The average Bonchev–Trinajstić information content (AvgIpc) is 2.32. The molecule has 4 nitrogen and oxygen atoms in total. The van der Waals surface area contributed by atoms with E-state index in [1.165, 1.54) is 0 Å². The Balaban J connectivity index is 2.13. The van der Waals surface area contributed by atoms with E-state index in [0.717, 1.165) is 17.7 Å². The Labute approximate surface area is 106 Å². The Hall–Kier alpha value is -1.42. The van der Waals surface area contributed by atoms with Crippen molar-refractivity contribution in [3.05, 3.63) is 22.7 Å². The van der Waals surface area contributed by atoms with Crippen molar-refractivity contribution in [1.82, 2.24) is 5.32 Å². The molecule has 1 aromatic carbocycles. The van der Waals surface area contributed by atoms with Crippen LogP contribution in [-0.4, -0.2) is 18.5 Å². The Morgan fingerprint density at radius 1 is 1.53 bits per heavy atom. The third kappa shape index (κ3) is 2.64. The summed E-state index contributed by atoms with van der Waals surface area (Å²) in [6, 6.07) is 3.80. The van der Waals surface area contributed by atoms with E-state index < -0.39 is 0 Å². The number of anilines is 2. The van der Waals surface area contributed by atoms with Gasteiger partial charge in [0, 0.05) is 24.0 Å². The van der Waals surface area contributed by atoms with E-state index in [0.29, 0.717) is 23.7 Å². The molecule has 1 unspecified atom stereocenters. The highest BCUT2D eigenvalue weighted by atomic mass is 35.5. The predicted molar refractivity (Wildman–Crippen MR) is 70.3 cm³/mol. The lowest BCUT2D eigenvalue weighted by Crippen LogP contribution is -2.42. The summed E-state index contributed by atoms with van der Waals surface area (Å²) in [6.07, 6.45) is 1.37. The first-order valence-corrected chi connectivity index (χ1v) is 6.03. The van der Waals surface area contributed by atoms with Crippen molar-refractivity contribution >= 4 is 28.9 Å². The summed E-state index contributed by atoms with van der Waals surface area (Å²) < 4.78 is 0. The monoisotopic (exact) mass is 253 g/mol. The number of benzene rings is 1. The molecule has 92 valence electrons. The van der Waals surface area contributed by atoms with Crippen molar-refractivity contribution in [1.29, 1.82) is 0 Å². The number of nitrogen functional groups attached to an aromatic ring is 1. The summed E-state index contributed by atoms with van der Waals surface area (Å²) >= 11 is 6.06. The lowest BCUT2D eigenvalue weighted by Gasteiger charge is -2.26. The van der Waals surface area contributed by atoms with Crippen LogP contribution in [0.25, 0.3) is 0 Å². The molecule has 5 heteroatoms. The zero-order chi connectivity index (χ0) is 12.4. The minimum absolute atomic E-state index is 0.110. The van der Waals surface area contributed by atoms with E-state index in [1.54, 1.807) is 12.1 Å². The molecule has 1 saturated heterocycles. The summed E-state index contributed by atoms with van der Waals surface area (Å²) in [5.74, 6) is 0.110. The van der Waals surface area contributed by atoms with Crippen molar-refractivity contribution in [3.63, 3.8) is 0 Å². The lowest BCUT2D eigenvalue weighted by molar-refractivity contribution is -0.122. The van der Waals surface area contributed by atoms with Gasteiger partial charge >= 0.3 is 0 Å². The van der Waals surface area contributed by atoms with Crippen LogP contribution in [0.4, 0.5) is 11.4 Å². The van der Waals surface area contributed by atoms with Crippen LogP contribution in [0.15, 0.2) is 12.1 Å². The van der Waals surface area contributed by atoms with Gasteiger partial charge in [-0.05, 0) is 31.0 Å². The molecule has 0 aliphatic carbocycles. The number of hydrogen-bond acceptors (Lipinski definition) is 3. The third-order valence-corrected chi connectivity index (χ3v) is 3.45. The fraction of sp³-hybridized carbons (Fsp3) is 0.417. The zero-order valence-corrected chi connectivity index (χ0v) is 10.5. The molecular formula is C12H16ClN3O. The summed E-state index contributed by atoms with van der Waals surface area (Å²) in [4.78, 5) is 11.1. The third-order valence-electron chi connectivity index (χ3n) is 3.05. The summed E-state index contributed by atoms with van der Waals surface area (Å²) in [7, 11) is 0. The largest absolute Gasteiger partial charge is 0.397 e. The van der Waals surface area contributed by atoms with E-state index in [1.807, 2.05) is 6.92 Å². The molecule has 1 aromatic rings. The second-order valence-electron chi connectivity index (χ2n) is 4.32. The fourth-order valence-electron chi connectivity index (χ4n) is 1.96. The molecule has 17 heavy (non-hydrogen) atoms. The first-order chi connectivity index (χ1) is 8.08. The van der Waals surface area contributed by atoms with Crippen molar-refractivity contribution in [3.8, 4) is 0 Å². The van der Waals surface area contributed by atoms with Gasteiger partial charge < -0.3 is 16.4 Å². The molecule has 1 fully saturated rings. The highest BCUT2D eigenvalue weighted by Crippen LogP contribution is 2.30. The van der Waals surface area contributed by atoms with Gasteiger partial charge in [-0.1, -0.05) is 11.6 Å². The molecule has 1 amide bonds. The molecule has 1 aliphatic rings. The second kappa shape index (κ2) is 4.84. The molecular weight excluding hydrogens is 238 g/mol. The molecule has 0 radical (unpaired) electrons. The lowest BCUT2D eigenvalue weighted by atomic mass is 10.1. The Bertz CT molecular complexity index is 438. The molecule has 0 spiro atoms. The molecule has 1 aliphatic heterocycles. The van der Waals surface area contributed by atoms with Crippen LogP contribution >= 0.6 is 11.6 Å². The van der Waals surface area contributed by atoms with Gasteiger partial charge in [-0.25, -0.2) is 0 Å². The first kappa shape index (κ1) is 12.0. The maximum atomic E-state index is 11.1. The first-order valence-electron chi connectivity index (χ1n) is 5.65. The van der Waals surface area contributed by atoms with Gasteiger partial charge in [0.2, 0.25) is 5.91 Å². The molecule has 1 heterocycles. The number of nitrogens with one attached hydrogen (secondary N) is 2. The Kier molecular flexibility index (Phi) is 3.43. The van der Waals surface area contributed by atoms with Gasteiger partial charge in [-0.2, -0.15) is 0 Å². The number of hydrogen-bond donors (Lipinski definition) is 3. The molecule has 0 bridgehead atoms. The number of piperidine rings is 1. The van der Waals surface area contributed by atoms with E-state index in [-0.39, 0.29) is 11.9 Å². The van der Waals surface area contributed by atoms with Crippen molar-refractivity contribution in [2.75, 3.05) is 17.6 Å². The average molecular weight is 254 g/mol. The maximum absolute atomic E-state index is 11.1. The van der Waals surface area contributed by atoms with Gasteiger partial charge in [0.15, 0.2) is 0 Å². The normalized spacial score (nSPS) is 19.9. The molecule has 2 rings (SSSR count). The zero-order valence-electron chi connectivity index (χ0n) is 9.72. The summed E-state index contributed by atoms with van der Waals surface area (Å²) in [5.41, 5.74) is 8.43. The van der Waals surface area contributed by atoms with Gasteiger partial charge in [0.25, 0.3) is 0 Å². The number of carbonyl (C=O) groups is 1. The predicted octanol–water partition coefficient (Wildman–Crippen LogP) is 1.92. The minimum Gasteiger partial charge on any atom is -0.397 e.